The van der Waals surface area contributed by atoms with E-state index in [1.807, 2.05) is 0 Å². The maximum atomic E-state index is 3.74. The Labute approximate surface area is 105 Å². The number of nitrogens with zero attached hydrogens (tertiary/aromatic N) is 1. The number of piperidine rings is 1. The second-order valence-corrected chi connectivity index (χ2v) is 7.04. The van der Waals surface area contributed by atoms with Crippen molar-refractivity contribution >= 4 is 10.2 Å². The van der Waals surface area contributed by atoms with E-state index in [9.17, 15) is 0 Å². The lowest BCUT2D eigenvalue weighted by Crippen LogP contribution is -2.61. The molecule has 1 aliphatic heterocycles. The van der Waals surface area contributed by atoms with Crippen molar-refractivity contribution in [3.05, 3.63) is 0 Å². The van der Waals surface area contributed by atoms with Gasteiger partial charge in [-0.1, -0.05) is 6.04 Å². The molecule has 1 rings (SSSR count). The van der Waals surface area contributed by atoms with Crippen molar-refractivity contribution in [3.63, 3.8) is 0 Å². The quantitative estimate of drug-likeness (QED) is 0.757. The van der Waals surface area contributed by atoms with Gasteiger partial charge in [-0.15, -0.1) is 0 Å². The highest BCUT2D eigenvalue weighted by Crippen LogP contribution is 2.31. The maximum Gasteiger partial charge on any atom is 0.0222 e. The molecule has 1 heterocycles. The van der Waals surface area contributed by atoms with Gasteiger partial charge in [0.05, 0.1) is 0 Å². The molecule has 1 N–H and O–H groups in total. The number of hydrogen-bond donors (Lipinski definition) is 1. The predicted octanol–water partition coefficient (Wildman–Crippen LogP) is 2.20. The highest BCUT2D eigenvalue weighted by atomic mass is 28.1. The molecule has 0 aromatic heterocycles. The van der Waals surface area contributed by atoms with Crippen molar-refractivity contribution in [1.82, 2.24) is 10.2 Å². The fraction of sp³-hybridized carbons (Fsp3) is 1.00. The molecule has 0 aromatic carbocycles. The predicted molar refractivity (Wildman–Crippen MR) is 72.1 cm³/mol. The van der Waals surface area contributed by atoms with Crippen LogP contribution in [0.5, 0.6) is 0 Å². The third-order valence-electron chi connectivity index (χ3n) is 3.48. The molecule has 93 valence electrons. The van der Waals surface area contributed by atoms with Gasteiger partial charge < -0.3 is 10.2 Å². The third kappa shape index (κ3) is 4.19. The van der Waals surface area contributed by atoms with E-state index in [0.29, 0.717) is 6.04 Å². The third-order valence-corrected chi connectivity index (χ3v) is 3.83. The lowest BCUT2D eigenvalue weighted by Gasteiger charge is -2.49. The molecule has 1 saturated heterocycles. The number of rotatable bonds is 4. The first-order chi connectivity index (χ1) is 7.26. The molecule has 1 aliphatic rings. The van der Waals surface area contributed by atoms with Crippen molar-refractivity contribution in [2.24, 2.45) is 0 Å². The topological polar surface area (TPSA) is 15.3 Å². The van der Waals surface area contributed by atoms with Crippen molar-refractivity contribution in [2.45, 2.75) is 70.1 Å². The molecule has 3 heteroatoms. The Morgan fingerprint density at radius 2 is 1.69 bits per heavy atom. The molecule has 0 spiro atoms. The molecular weight excluding hydrogens is 212 g/mol. The van der Waals surface area contributed by atoms with E-state index in [2.05, 4.69) is 55.2 Å². The Kier molecular flexibility index (Phi) is 4.61. The number of nitrogens with one attached hydrogen (secondary N) is 1. The van der Waals surface area contributed by atoms with Crippen molar-refractivity contribution in [1.29, 1.82) is 0 Å². The summed E-state index contributed by atoms with van der Waals surface area (Å²) in [6, 6.07) is 1.81. The van der Waals surface area contributed by atoms with E-state index < -0.39 is 0 Å². The van der Waals surface area contributed by atoms with Crippen LogP contribution in [0.1, 0.15) is 47.0 Å². The van der Waals surface area contributed by atoms with Gasteiger partial charge >= 0.3 is 0 Å². The summed E-state index contributed by atoms with van der Waals surface area (Å²) in [6.07, 6.45) is 3.72. The van der Waals surface area contributed by atoms with Crippen molar-refractivity contribution in [3.8, 4) is 0 Å². The van der Waals surface area contributed by atoms with Crippen LogP contribution in [0, 0.1) is 0 Å². The van der Waals surface area contributed by atoms with Gasteiger partial charge in [-0.3, -0.25) is 0 Å². The summed E-state index contributed by atoms with van der Waals surface area (Å²) in [5, 5.41) is 3.74. The summed E-state index contributed by atoms with van der Waals surface area (Å²) >= 11 is 0. The minimum Gasteiger partial charge on any atom is -0.307 e. The van der Waals surface area contributed by atoms with E-state index in [0.717, 1.165) is 6.04 Å². The molecular formula is C13H27N2Si. The second-order valence-electron chi connectivity index (χ2n) is 6.54. The summed E-state index contributed by atoms with van der Waals surface area (Å²) in [7, 11) is 5.82. The minimum atomic E-state index is 0.259. The molecule has 3 radical (unpaired) electrons. The smallest absolute Gasteiger partial charge is 0.0222 e. The molecule has 0 amide bonds. The van der Waals surface area contributed by atoms with Crippen LogP contribution in [0.25, 0.3) is 0 Å². The van der Waals surface area contributed by atoms with Crippen molar-refractivity contribution < 1.29 is 0 Å². The molecule has 0 bridgehead atoms. The van der Waals surface area contributed by atoms with Crippen LogP contribution in [0.15, 0.2) is 0 Å². The SMILES string of the molecule is CN(CCC[Si])C1CC(C)(C)NC(C)(C)C1. The molecule has 1 fully saturated rings. The zero-order chi connectivity index (χ0) is 12.4. The maximum absolute atomic E-state index is 3.74. The summed E-state index contributed by atoms with van der Waals surface area (Å²) < 4.78 is 0. The summed E-state index contributed by atoms with van der Waals surface area (Å²) in [5.74, 6) is 0. The molecule has 0 aromatic rings. The van der Waals surface area contributed by atoms with Gasteiger partial charge in [0.2, 0.25) is 0 Å². The lowest BCUT2D eigenvalue weighted by molar-refractivity contribution is 0.0817. The fourth-order valence-corrected chi connectivity index (χ4v) is 3.25. The Balaban J connectivity index is 2.59. The second kappa shape index (κ2) is 5.19. The van der Waals surface area contributed by atoms with Gasteiger partial charge in [0.25, 0.3) is 0 Å². The highest BCUT2D eigenvalue weighted by Gasteiger charge is 2.38. The zero-order valence-corrected chi connectivity index (χ0v) is 12.6. The molecule has 0 saturated carbocycles. The highest BCUT2D eigenvalue weighted by molar-refractivity contribution is 6.08. The van der Waals surface area contributed by atoms with Gasteiger partial charge in [0, 0.05) is 27.4 Å². The average Bonchev–Trinajstić information content (AvgIpc) is 2.09. The minimum absolute atomic E-state index is 0.259. The van der Waals surface area contributed by atoms with Crippen LogP contribution in [-0.2, 0) is 0 Å². The van der Waals surface area contributed by atoms with Crippen LogP contribution < -0.4 is 5.32 Å². The largest absolute Gasteiger partial charge is 0.307 e. The standard InChI is InChI=1S/C13H27N2Si/c1-12(2)9-11(10-13(3,4)14-12)15(5)7-6-8-16/h11,14H,6-10H2,1-5H3. The van der Waals surface area contributed by atoms with Crippen LogP contribution >= 0.6 is 0 Å². The van der Waals surface area contributed by atoms with Gasteiger partial charge in [0.1, 0.15) is 0 Å². The summed E-state index contributed by atoms with van der Waals surface area (Å²) in [5.41, 5.74) is 0.517. The van der Waals surface area contributed by atoms with E-state index in [-0.39, 0.29) is 11.1 Å². The molecule has 2 nitrogen and oxygen atoms in total. The van der Waals surface area contributed by atoms with Gasteiger partial charge in [-0.25, -0.2) is 0 Å². The average molecular weight is 239 g/mol. The Bertz CT molecular complexity index is 210. The Hall–Kier alpha value is 0.137. The summed E-state index contributed by atoms with van der Waals surface area (Å²) in [6.45, 7) is 10.5. The van der Waals surface area contributed by atoms with Crippen molar-refractivity contribution in [2.75, 3.05) is 13.6 Å². The monoisotopic (exact) mass is 239 g/mol. The van der Waals surface area contributed by atoms with Gasteiger partial charge in [-0.05, 0) is 60.5 Å². The molecule has 0 unspecified atom stereocenters. The van der Waals surface area contributed by atoms with Gasteiger partial charge in [0.15, 0.2) is 0 Å². The van der Waals surface area contributed by atoms with E-state index >= 15 is 0 Å². The first-order valence-corrected chi connectivity index (χ1v) is 7.11. The van der Waals surface area contributed by atoms with Crippen LogP contribution in [0.3, 0.4) is 0 Å². The first-order valence-electron chi connectivity index (χ1n) is 6.40. The van der Waals surface area contributed by atoms with Gasteiger partial charge in [-0.2, -0.15) is 0 Å². The lowest BCUT2D eigenvalue weighted by atomic mass is 9.79. The van der Waals surface area contributed by atoms with E-state index in [4.69, 9.17) is 0 Å². The first kappa shape index (κ1) is 14.2. The molecule has 16 heavy (non-hydrogen) atoms. The van der Waals surface area contributed by atoms with E-state index in [1.54, 1.807) is 0 Å². The summed E-state index contributed by atoms with van der Waals surface area (Å²) in [4.78, 5) is 2.53. The molecule has 0 atom stereocenters. The van der Waals surface area contributed by atoms with Crippen LogP contribution in [0.4, 0.5) is 0 Å². The van der Waals surface area contributed by atoms with Crippen LogP contribution in [0.2, 0.25) is 6.04 Å². The molecule has 0 aliphatic carbocycles. The fourth-order valence-electron chi connectivity index (χ4n) is 3.09. The Morgan fingerprint density at radius 3 is 2.12 bits per heavy atom. The number of hydrogen-bond acceptors (Lipinski definition) is 2. The van der Waals surface area contributed by atoms with Crippen LogP contribution in [-0.4, -0.2) is 45.9 Å². The Morgan fingerprint density at radius 1 is 1.19 bits per heavy atom. The van der Waals surface area contributed by atoms with E-state index in [1.165, 1.54) is 25.8 Å². The normalized spacial score (nSPS) is 24.9. The zero-order valence-electron chi connectivity index (χ0n) is 11.6.